The van der Waals surface area contributed by atoms with E-state index in [1.165, 1.54) is 5.56 Å². The van der Waals surface area contributed by atoms with E-state index in [4.69, 9.17) is 16.3 Å². The number of halogens is 1. The third kappa shape index (κ3) is 3.96. The molecule has 2 aromatic rings. The van der Waals surface area contributed by atoms with Crippen molar-refractivity contribution in [2.24, 2.45) is 0 Å². The summed E-state index contributed by atoms with van der Waals surface area (Å²) >= 11 is 6.23. The smallest absolute Gasteiger partial charge is 0.123 e. The second kappa shape index (κ2) is 7.43. The highest BCUT2D eigenvalue weighted by Crippen LogP contribution is 2.30. The highest BCUT2D eigenvalue weighted by molar-refractivity contribution is 6.31. The highest BCUT2D eigenvalue weighted by atomic mass is 35.5. The van der Waals surface area contributed by atoms with E-state index in [0.29, 0.717) is 5.02 Å². The monoisotopic (exact) mass is 304 g/mol. The van der Waals surface area contributed by atoms with Gasteiger partial charge in [0.1, 0.15) is 5.75 Å². The standard InChI is InChI=1S/C17H21ClN2O/c1-4-20-16(10-13-7-8-19-11-15(13)18)14-6-5-12(2)9-17(14)21-3/h5-9,11,16,20H,4,10H2,1-3H3. The lowest BCUT2D eigenvalue weighted by molar-refractivity contribution is 0.399. The minimum absolute atomic E-state index is 0.158. The lowest BCUT2D eigenvalue weighted by Crippen LogP contribution is -2.23. The van der Waals surface area contributed by atoms with Gasteiger partial charge in [-0.2, -0.15) is 0 Å². The summed E-state index contributed by atoms with van der Waals surface area (Å²) in [4.78, 5) is 4.04. The minimum atomic E-state index is 0.158. The summed E-state index contributed by atoms with van der Waals surface area (Å²) in [5.74, 6) is 0.908. The molecule has 1 aromatic carbocycles. The number of hydrogen-bond acceptors (Lipinski definition) is 3. The van der Waals surface area contributed by atoms with Crippen molar-refractivity contribution >= 4 is 11.6 Å². The molecular formula is C17H21ClN2O. The lowest BCUT2D eigenvalue weighted by Gasteiger charge is -2.21. The van der Waals surface area contributed by atoms with Gasteiger partial charge in [-0.3, -0.25) is 4.98 Å². The van der Waals surface area contributed by atoms with Crippen molar-refractivity contribution in [3.05, 3.63) is 58.4 Å². The first-order chi connectivity index (χ1) is 10.2. The van der Waals surface area contributed by atoms with Crippen LogP contribution in [-0.4, -0.2) is 18.6 Å². The van der Waals surface area contributed by atoms with Gasteiger partial charge >= 0.3 is 0 Å². The quantitative estimate of drug-likeness (QED) is 0.877. The number of nitrogens with zero attached hydrogens (tertiary/aromatic N) is 1. The maximum atomic E-state index is 6.23. The van der Waals surface area contributed by atoms with Crippen molar-refractivity contribution in [1.82, 2.24) is 10.3 Å². The maximum Gasteiger partial charge on any atom is 0.123 e. The summed E-state index contributed by atoms with van der Waals surface area (Å²) in [6.07, 6.45) is 4.26. The van der Waals surface area contributed by atoms with Gasteiger partial charge in [-0.15, -0.1) is 0 Å². The molecule has 1 N–H and O–H groups in total. The van der Waals surface area contributed by atoms with Crippen molar-refractivity contribution in [3.8, 4) is 5.75 Å². The Balaban J connectivity index is 2.33. The van der Waals surface area contributed by atoms with E-state index in [1.54, 1.807) is 19.5 Å². The third-order valence-electron chi connectivity index (χ3n) is 3.50. The predicted molar refractivity (Wildman–Crippen MR) is 87.1 cm³/mol. The van der Waals surface area contributed by atoms with Crippen LogP contribution in [0.3, 0.4) is 0 Å². The van der Waals surface area contributed by atoms with E-state index >= 15 is 0 Å². The molecule has 0 saturated carbocycles. The van der Waals surface area contributed by atoms with Crippen LogP contribution in [0.4, 0.5) is 0 Å². The zero-order chi connectivity index (χ0) is 15.2. The van der Waals surface area contributed by atoms with Crippen molar-refractivity contribution in [2.45, 2.75) is 26.3 Å². The molecule has 4 heteroatoms. The van der Waals surface area contributed by atoms with Crippen LogP contribution < -0.4 is 10.1 Å². The number of rotatable bonds is 6. The van der Waals surface area contributed by atoms with Crippen LogP contribution in [0.15, 0.2) is 36.7 Å². The maximum absolute atomic E-state index is 6.23. The van der Waals surface area contributed by atoms with E-state index in [9.17, 15) is 0 Å². The van der Waals surface area contributed by atoms with Gasteiger partial charge in [0.05, 0.1) is 12.1 Å². The molecule has 1 aromatic heterocycles. The highest BCUT2D eigenvalue weighted by Gasteiger charge is 2.17. The molecule has 112 valence electrons. The molecule has 0 aliphatic heterocycles. The summed E-state index contributed by atoms with van der Waals surface area (Å²) in [6.45, 7) is 5.04. The van der Waals surface area contributed by atoms with E-state index in [0.717, 1.165) is 29.8 Å². The van der Waals surface area contributed by atoms with Crippen LogP contribution in [0.1, 0.15) is 29.7 Å². The van der Waals surface area contributed by atoms with Crippen molar-refractivity contribution in [1.29, 1.82) is 0 Å². The molecule has 0 bridgehead atoms. The number of likely N-dealkylation sites (N-methyl/N-ethyl adjacent to an activating group) is 1. The molecule has 1 unspecified atom stereocenters. The number of aryl methyl sites for hydroxylation is 1. The Labute approximate surface area is 131 Å². The molecular weight excluding hydrogens is 284 g/mol. The minimum Gasteiger partial charge on any atom is -0.496 e. The summed E-state index contributed by atoms with van der Waals surface area (Å²) < 4.78 is 5.54. The average Bonchev–Trinajstić information content (AvgIpc) is 2.49. The fourth-order valence-corrected chi connectivity index (χ4v) is 2.63. The number of benzene rings is 1. The van der Waals surface area contributed by atoms with Crippen LogP contribution in [-0.2, 0) is 6.42 Å². The molecule has 0 aliphatic carbocycles. The Bertz CT molecular complexity index is 601. The van der Waals surface area contributed by atoms with Crippen molar-refractivity contribution < 1.29 is 4.74 Å². The summed E-state index contributed by atoms with van der Waals surface area (Å²) in [5.41, 5.74) is 3.42. The van der Waals surface area contributed by atoms with Gasteiger partial charge in [0, 0.05) is 24.0 Å². The zero-order valence-electron chi connectivity index (χ0n) is 12.7. The zero-order valence-corrected chi connectivity index (χ0v) is 13.4. The van der Waals surface area contributed by atoms with E-state index in [1.807, 2.05) is 6.07 Å². The van der Waals surface area contributed by atoms with E-state index < -0.39 is 0 Å². The molecule has 1 atom stereocenters. The third-order valence-corrected chi connectivity index (χ3v) is 3.84. The number of ether oxygens (including phenoxy) is 1. The van der Waals surface area contributed by atoms with E-state index in [-0.39, 0.29) is 6.04 Å². The lowest BCUT2D eigenvalue weighted by atomic mass is 9.97. The number of nitrogens with one attached hydrogen (secondary N) is 1. The van der Waals surface area contributed by atoms with Gasteiger partial charge in [0.2, 0.25) is 0 Å². The van der Waals surface area contributed by atoms with Crippen LogP contribution in [0.25, 0.3) is 0 Å². The van der Waals surface area contributed by atoms with Crippen LogP contribution >= 0.6 is 11.6 Å². The second-order valence-electron chi connectivity index (χ2n) is 5.03. The molecule has 3 nitrogen and oxygen atoms in total. The molecule has 1 heterocycles. The van der Waals surface area contributed by atoms with Gasteiger partial charge in [-0.25, -0.2) is 0 Å². The first kappa shape index (κ1) is 15.8. The molecule has 0 aliphatic rings. The van der Waals surface area contributed by atoms with Crippen LogP contribution in [0.5, 0.6) is 5.75 Å². The summed E-state index contributed by atoms with van der Waals surface area (Å²) in [7, 11) is 1.71. The Morgan fingerprint density at radius 1 is 1.33 bits per heavy atom. The fourth-order valence-electron chi connectivity index (χ4n) is 2.43. The first-order valence-corrected chi connectivity index (χ1v) is 7.49. The van der Waals surface area contributed by atoms with Gasteiger partial charge in [0.15, 0.2) is 0 Å². The van der Waals surface area contributed by atoms with Crippen molar-refractivity contribution in [2.75, 3.05) is 13.7 Å². The molecule has 0 spiro atoms. The normalized spacial score (nSPS) is 12.2. The fraction of sp³-hybridized carbons (Fsp3) is 0.353. The first-order valence-electron chi connectivity index (χ1n) is 7.12. The molecule has 2 rings (SSSR count). The molecule has 0 fully saturated rings. The largest absolute Gasteiger partial charge is 0.496 e. The van der Waals surface area contributed by atoms with Gasteiger partial charge in [0.25, 0.3) is 0 Å². The number of methoxy groups -OCH3 is 1. The van der Waals surface area contributed by atoms with Crippen LogP contribution in [0, 0.1) is 6.92 Å². The van der Waals surface area contributed by atoms with Crippen molar-refractivity contribution in [3.63, 3.8) is 0 Å². The number of hydrogen-bond donors (Lipinski definition) is 1. The Morgan fingerprint density at radius 2 is 2.14 bits per heavy atom. The summed E-state index contributed by atoms with van der Waals surface area (Å²) in [6, 6.07) is 8.42. The number of aromatic nitrogens is 1. The van der Waals surface area contributed by atoms with Gasteiger partial charge < -0.3 is 10.1 Å². The molecule has 21 heavy (non-hydrogen) atoms. The molecule has 0 radical (unpaired) electrons. The SMILES string of the molecule is CCNC(Cc1ccncc1Cl)c1ccc(C)cc1OC. The summed E-state index contributed by atoms with van der Waals surface area (Å²) in [5, 5.41) is 4.21. The Hall–Kier alpha value is -1.58. The average molecular weight is 305 g/mol. The van der Waals surface area contributed by atoms with E-state index in [2.05, 4.69) is 42.3 Å². The Kier molecular flexibility index (Phi) is 5.59. The van der Waals surface area contributed by atoms with Gasteiger partial charge in [-0.1, -0.05) is 30.7 Å². The van der Waals surface area contributed by atoms with Crippen LogP contribution in [0.2, 0.25) is 5.02 Å². The topological polar surface area (TPSA) is 34.2 Å². The number of pyridine rings is 1. The molecule has 0 amide bonds. The Morgan fingerprint density at radius 3 is 2.81 bits per heavy atom. The molecule has 0 saturated heterocycles. The van der Waals surface area contributed by atoms with Gasteiger partial charge in [-0.05, 0) is 43.1 Å². The second-order valence-corrected chi connectivity index (χ2v) is 5.43. The predicted octanol–water partition coefficient (Wildman–Crippen LogP) is 3.95.